The van der Waals surface area contributed by atoms with Gasteiger partial charge in [-0.2, -0.15) is 0 Å². The molecule has 1 amide bonds. The lowest BCUT2D eigenvalue weighted by molar-refractivity contribution is -0.120. The summed E-state index contributed by atoms with van der Waals surface area (Å²) in [6, 6.07) is 8.54. The number of benzene rings is 1. The Morgan fingerprint density at radius 2 is 1.81 bits per heavy atom. The minimum atomic E-state index is 0.0672. The highest BCUT2D eigenvalue weighted by Gasteiger charge is 2.16. The maximum absolute atomic E-state index is 12.2. The number of aryl methyl sites for hydroxylation is 2. The summed E-state index contributed by atoms with van der Waals surface area (Å²) in [5, 5.41) is 7.42. The Bertz CT molecular complexity index is 995. The summed E-state index contributed by atoms with van der Waals surface area (Å²) in [6.45, 7) is 12.9. The quantitative estimate of drug-likeness (QED) is 0.427. The van der Waals surface area contributed by atoms with E-state index in [9.17, 15) is 4.79 Å². The number of hydrogen-bond donors (Lipinski definition) is 2. The number of amides is 1. The summed E-state index contributed by atoms with van der Waals surface area (Å²) in [7, 11) is 0. The van der Waals surface area contributed by atoms with Crippen LogP contribution in [0.25, 0.3) is 21.3 Å². The molecular weight excluding hydrogens is 406 g/mol. The third kappa shape index (κ3) is 6.02. The normalized spacial score (nSPS) is 11.3. The van der Waals surface area contributed by atoms with Gasteiger partial charge in [0, 0.05) is 30.0 Å². The van der Waals surface area contributed by atoms with Crippen LogP contribution in [0.3, 0.4) is 0 Å². The van der Waals surface area contributed by atoms with E-state index in [2.05, 4.69) is 77.5 Å². The maximum atomic E-state index is 12.2. The highest BCUT2D eigenvalue weighted by molar-refractivity contribution is 7.19. The number of aromatic nitrogens is 2. The zero-order valence-corrected chi connectivity index (χ0v) is 19.8. The third-order valence-electron chi connectivity index (χ3n) is 5.52. The van der Waals surface area contributed by atoms with Gasteiger partial charge in [-0.05, 0) is 45.5 Å². The molecule has 2 N–H and O–H groups in total. The molecule has 0 aliphatic heterocycles. The number of hydrogen-bond acceptors (Lipinski definition) is 6. The molecule has 6 nitrogen and oxygen atoms in total. The standard InChI is InChI=1S/C24H33N5OS/c1-5-29(6-2)15-7-13-25-20(30)12-14-26-23-22-21(19-10-8-17(3)9-11-19)18(4)31-24(22)28-16-27-23/h8-11,16H,5-7,12-15H2,1-4H3,(H,25,30)(H,26,27,28). The average Bonchev–Trinajstić information content (AvgIpc) is 3.11. The van der Waals surface area contributed by atoms with E-state index in [4.69, 9.17) is 0 Å². The number of carbonyl (C=O) groups is 1. The first-order valence-electron chi connectivity index (χ1n) is 11.1. The van der Waals surface area contributed by atoms with Crippen molar-refractivity contribution in [2.45, 2.75) is 40.5 Å². The van der Waals surface area contributed by atoms with Crippen LogP contribution in [-0.2, 0) is 4.79 Å². The van der Waals surface area contributed by atoms with Crippen molar-refractivity contribution in [2.75, 3.05) is 38.0 Å². The van der Waals surface area contributed by atoms with E-state index in [1.165, 1.54) is 16.0 Å². The Morgan fingerprint density at radius 3 is 2.52 bits per heavy atom. The first-order chi connectivity index (χ1) is 15.0. The molecule has 2 heterocycles. The van der Waals surface area contributed by atoms with Crippen molar-refractivity contribution in [3.05, 3.63) is 41.0 Å². The van der Waals surface area contributed by atoms with Crippen LogP contribution in [0, 0.1) is 13.8 Å². The highest BCUT2D eigenvalue weighted by Crippen LogP contribution is 2.40. The molecule has 0 saturated carbocycles. The van der Waals surface area contributed by atoms with Gasteiger partial charge in [0.1, 0.15) is 17.0 Å². The molecule has 1 aromatic carbocycles. The number of fused-ring (bicyclic) bond motifs is 1. The fourth-order valence-electron chi connectivity index (χ4n) is 3.70. The Hall–Kier alpha value is -2.51. The number of rotatable bonds is 11. The van der Waals surface area contributed by atoms with Crippen molar-refractivity contribution in [3.8, 4) is 11.1 Å². The molecule has 0 spiro atoms. The number of nitrogens with zero attached hydrogens (tertiary/aromatic N) is 3. The predicted octanol–water partition coefficient (Wildman–Crippen LogP) is 4.63. The third-order valence-corrected chi connectivity index (χ3v) is 6.53. The summed E-state index contributed by atoms with van der Waals surface area (Å²) >= 11 is 1.68. The zero-order valence-electron chi connectivity index (χ0n) is 19.0. The van der Waals surface area contributed by atoms with Crippen molar-refractivity contribution in [3.63, 3.8) is 0 Å². The highest BCUT2D eigenvalue weighted by atomic mass is 32.1. The SMILES string of the molecule is CCN(CC)CCCNC(=O)CCNc1ncnc2sc(C)c(-c3ccc(C)cc3)c12. The fourth-order valence-corrected chi connectivity index (χ4v) is 4.71. The minimum absolute atomic E-state index is 0.0672. The molecule has 3 rings (SSSR count). The molecule has 0 atom stereocenters. The molecular formula is C24H33N5OS. The van der Waals surface area contributed by atoms with Crippen LogP contribution in [0.4, 0.5) is 5.82 Å². The van der Waals surface area contributed by atoms with Gasteiger partial charge in [0.15, 0.2) is 0 Å². The predicted molar refractivity (Wildman–Crippen MR) is 131 cm³/mol. The topological polar surface area (TPSA) is 70.2 Å². The van der Waals surface area contributed by atoms with E-state index >= 15 is 0 Å². The van der Waals surface area contributed by atoms with Gasteiger partial charge in [-0.1, -0.05) is 43.7 Å². The average molecular weight is 440 g/mol. The van der Waals surface area contributed by atoms with Crippen molar-refractivity contribution < 1.29 is 4.79 Å². The molecule has 0 saturated heterocycles. The summed E-state index contributed by atoms with van der Waals surface area (Å²) in [5.41, 5.74) is 3.57. The van der Waals surface area contributed by atoms with Gasteiger partial charge in [-0.15, -0.1) is 11.3 Å². The summed E-state index contributed by atoms with van der Waals surface area (Å²) in [6.07, 6.45) is 2.98. The molecule has 0 aliphatic carbocycles. The van der Waals surface area contributed by atoms with Crippen molar-refractivity contribution in [1.82, 2.24) is 20.2 Å². The molecule has 31 heavy (non-hydrogen) atoms. The van der Waals surface area contributed by atoms with Gasteiger partial charge in [0.25, 0.3) is 0 Å². The van der Waals surface area contributed by atoms with E-state index in [1.54, 1.807) is 17.7 Å². The Labute approximate surface area is 189 Å². The van der Waals surface area contributed by atoms with Crippen LogP contribution in [0.1, 0.15) is 37.1 Å². The number of nitrogens with one attached hydrogen (secondary N) is 2. The van der Waals surface area contributed by atoms with Gasteiger partial charge in [-0.25, -0.2) is 9.97 Å². The molecule has 7 heteroatoms. The van der Waals surface area contributed by atoms with Gasteiger partial charge in [0.05, 0.1) is 5.39 Å². The van der Waals surface area contributed by atoms with Crippen molar-refractivity contribution >= 4 is 33.3 Å². The second-order valence-corrected chi connectivity index (χ2v) is 8.91. The van der Waals surface area contributed by atoms with Crippen molar-refractivity contribution in [2.24, 2.45) is 0 Å². The van der Waals surface area contributed by atoms with Crippen LogP contribution < -0.4 is 10.6 Å². The van der Waals surface area contributed by atoms with Crippen LogP contribution in [-0.4, -0.2) is 53.5 Å². The first-order valence-corrected chi connectivity index (χ1v) is 11.9. The monoisotopic (exact) mass is 439 g/mol. The smallest absolute Gasteiger partial charge is 0.221 e. The Kier molecular flexibility index (Phi) is 8.37. The summed E-state index contributed by atoms with van der Waals surface area (Å²) in [5.74, 6) is 0.858. The number of thiophene rings is 1. The maximum Gasteiger partial charge on any atom is 0.221 e. The Balaban J connectivity index is 1.61. The second-order valence-electron chi connectivity index (χ2n) is 7.71. The van der Waals surface area contributed by atoms with E-state index in [0.29, 0.717) is 19.5 Å². The van der Waals surface area contributed by atoms with E-state index in [1.807, 2.05) is 0 Å². The van der Waals surface area contributed by atoms with Crippen LogP contribution in [0.2, 0.25) is 0 Å². The molecule has 0 unspecified atom stereocenters. The number of carbonyl (C=O) groups excluding carboxylic acids is 1. The summed E-state index contributed by atoms with van der Waals surface area (Å²) in [4.78, 5) is 25.7. The lowest BCUT2D eigenvalue weighted by Gasteiger charge is -2.17. The van der Waals surface area contributed by atoms with Crippen LogP contribution in [0.15, 0.2) is 30.6 Å². The van der Waals surface area contributed by atoms with Gasteiger partial charge in [0.2, 0.25) is 5.91 Å². The molecule has 0 aliphatic rings. The minimum Gasteiger partial charge on any atom is -0.369 e. The Morgan fingerprint density at radius 1 is 1.06 bits per heavy atom. The van der Waals surface area contributed by atoms with Gasteiger partial charge < -0.3 is 15.5 Å². The fraction of sp³-hybridized carbons (Fsp3) is 0.458. The van der Waals surface area contributed by atoms with E-state index in [0.717, 1.165) is 47.7 Å². The van der Waals surface area contributed by atoms with Crippen LogP contribution in [0.5, 0.6) is 0 Å². The molecule has 0 fully saturated rings. The molecule has 0 bridgehead atoms. The number of anilines is 1. The van der Waals surface area contributed by atoms with Gasteiger partial charge >= 0.3 is 0 Å². The first kappa shape index (κ1) is 23.2. The molecule has 166 valence electrons. The second kappa shape index (κ2) is 11.2. The van der Waals surface area contributed by atoms with E-state index in [-0.39, 0.29) is 5.91 Å². The lowest BCUT2D eigenvalue weighted by atomic mass is 10.0. The molecule has 0 radical (unpaired) electrons. The van der Waals surface area contributed by atoms with Crippen molar-refractivity contribution in [1.29, 1.82) is 0 Å². The lowest BCUT2D eigenvalue weighted by Crippen LogP contribution is -2.30. The molecule has 3 aromatic rings. The van der Waals surface area contributed by atoms with Crippen LogP contribution >= 0.6 is 11.3 Å². The summed E-state index contributed by atoms with van der Waals surface area (Å²) < 4.78 is 0. The molecule has 2 aromatic heterocycles. The zero-order chi connectivity index (χ0) is 22.2. The van der Waals surface area contributed by atoms with Gasteiger partial charge in [-0.3, -0.25) is 4.79 Å². The van der Waals surface area contributed by atoms with E-state index < -0.39 is 0 Å². The largest absolute Gasteiger partial charge is 0.369 e.